The highest BCUT2D eigenvalue weighted by atomic mass is 79.9. The summed E-state index contributed by atoms with van der Waals surface area (Å²) in [6.07, 6.45) is 1.91. The van der Waals surface area contributed by atoms with Crippen LogP contribution in [0.25, 0.3) is 0 Å². The lowest BCUT2D eigenvalue weighted by atomic mass is 10.2. The third kappa shape index (κ3) is 2.67. The number of hydrazone groups is 1. The van der Waals surface area contributed by atoms with Crippen LogP contribution in [0, 0.1) is 0 Å². The molecule has 8 heteroatoms. The van der Waals surface area contributed by atoms with Crippen LogP contribution < -0.4 is 5.01 Å². The molecule has 1 aromatic rings. The number of pyridine rings is 1. The summed E-state index contributed by atoms with van der Waals surface area (Å²) in [5.41, 5.74) is 0. The van der Waals surface area contributed by atoms with Crippen molar-refractivity contribution in [1.82, 2.24) is 4.98 Å². The summed E-state index contributed by atoms with van der Waals surface area (Å²) < 4.78 is 12.7. The van der Waals surface area contributed by atoms with Crippen LogP contribution in [-0.2, 0) is 9.47 Å². The van der Waals surface area contributed by atoms with Gasteiger partial charge in [-0.05, 0) is 44.8 Å². The van der Waals surface area contributed by atoms with Crippen molar-refractivity contribution in [3.63, 3.8) is 0 Å². The van der Waals surface area contributed by atoms with E-state index in [0.717, 1.165) is 9.09 Å². The van der Waals surface area contributed by atoms with Crippen LogP contribution in [0.4, 0.5) is 5.82 Å². The maximum atomic E-state index is 6.22. The van der Waals surface area contributed by atoms with Gasteiger partial charge in [0, 0.05) is 17.1 Å². The molecule has 2 aliphatic heterocycles. The van der Waals surface area contributed by atoms with Crippen LogP contribution in [0.1, 0.15) is 13.3 Å². The second-order valence-corrected chi connectivity index (χ2v) is 6.50. The number of rotatable bonds is 2. The van der Waals surface area contributed by atoms with Crippen molar-refractivity contribution in [2.45, 2.75) is 32.0 Å². The number of hydrogen-bond acceptors (Lipinski definition) is 5. The van der Waals surface area contributed by atoms with Gasteiger partial charge in [0.1, 0.15) is 10.7 Å². The maximum Gasteiger partial charge on any atom is 0.186 e. The molecule has 19 heavy (non-hydrogen) atoms. The van der Waals surface area contributed by atoms with Gasteiger partial charge in [-0.2, -0.15) is 5.10 Å². The Morgan fingerprint density at radius 1 is 1.42 bits per heavy atom. The normalized spacial score (nSPS) is 30.2. The summed E-state index contributed by atoms with van der Waals surface area (Å²) in [5.74, 6) is 0.594. The lowest BCUT2D eigenvalue weighted by Crippen LogP contribution is -2.51. The molecule has 0 radical (unpaired) electrons. The smallest absolute Gasteiger partial charge is 0.186 e. The Labute approximate surface area is 132 Å². The largest absolute Gasteiger partial charge is 0.322 e. The van der Waals surface area contributed by atoms with E-state index in [2.05, 4.69) is 41.9 Å². The molecule has 5 nitrogen and oxygen atoms in total. The molecule has 102 valence electrons. The van der Waals surface area contributed by atoms with Gasteiger partial charge >= 0.3 is 0 Å². The SMILES string of the molecule is CC1OC(C2CC(Br)=NN2c2ncc(Br)cc2Cl)O1. The Balaban J connectivity index is 1.88. The minimum atomic E-state index is -0.310. The van der Waals surface area contributed by atoms with Crippen LogP contribution in [0.5, 0.6) is 0 Å². The molecule has 0 aromatic carbocycles. The number of nitrogens with zero attached hydrogens (tertiary/aromatic N) is 3. The number of hydrogen-bond donors (Lipinski definition) is 0. The molecule has 0 aliphatic carbocycles. The van der Waals surface area contributed by atoms with E-state index in [-0.39, 0.29) is 18.6 Å². The molecule has 3 rings (SSSR count). The lowest BCUT2D eigenvalue weighted by Gasteiger charge is -2.39. The standard InChI is InChI=1S/C11H10Br2ClN3O2/c1-5-18-11(19-5)8-3-9(13)16-17(8)10-7(14)2-6(12)4-15-10/h2,4-5,8,11H,3H2,1H3. The Kier molecular flexibility index (Phi) is 3.83. The van der Waals surface area contributed by atoms with Gasteiger partial charge in [0.05, 0.1) is 5.02 Å². The molecule has 1 saturated heterocycles. The van der Waals surface area contributed by atoms with Crippen molar-refractivity contribution < 1.29 is 9.47 Å². The molecule has 1 atom stereocenters. The van der Waals surface area contributed by atoms with E-state index in [4.69, 9.17) is 21.1 Å². The Bertz CT molecular complexity index is 537. The highest BCUT2D eigenvalue weighted by Gasteiger charge is 2.42. The van der Waals surface area contributed by atoms with E-state index < -0.39 is 0 Å². The zero-order chi connectivity index (χ0) is 13.6. The van der Waals surface area contributed by atoms with Crippen molar-refractivity contribution in [3.8, 4) is 0 Å². The average molecular weight is 411 g/mol. The molecule has 3 heterocycles. The van der Waals surface area contributed by atoms with Crippen molar-refractivity contribution >= 4 is 53.9 Å². The second kappa shape index (κ2) is 5.29. The van der Waals surface area contributed by atoms with Crippen LogP contribution in [0.3, 0.4) is 0 Å². The zero-order valence-electron chi connectivity index (χ0n) is 9.89. The summed E-state index contributed by atoms with van der Waals surface area (Å²) >= 11 is 13.0. The van der Waals surface area contributed by atoms with E-state index in [0.29, 0.717) is 17.3 Å². The van der Waals surface area contributed by atoms with E-state index in [1.165, 1.54) is 0 Å². The molecular weight excluding hydrogens is 401 g/mol. The first kappa shape index (κ1) is 13.8. The Morgan fingerprint density at radius 2 is 2.16 bits per heavy atom. The van der Waals surface area contributed by atoms with E-state index in [1.54, 1.807) is 17.3 Å². The van der Waals surface area contributed by atoms with Gasteiger partial charge in [0.2, 0.25) is 0 Å². The summed E-state index contributed by atoms with van der Waals surface area (Å²) in [6.45, 7) is 1.86. The van der Waals surface area contributed by atoms with Crippen LogP contribution in [0.15, 0.2) is 21.8 Å². The predicted octanol–water partition coefficient (Wildman–Crippen LogP) is 3.50. The van der Waals surface area contributed by atoms with Gasteiger partial charge in [-0.3, -0.25) is 0 Å². The quantitative estimate of drug-likeness (QED) is 0.747. The topological polar surface area (TPSA) is 47.0 Å². The fourth-order valence-electron chi connectivity index (χ4n) is 2.05. The molecule has 1 aromatic heterocycles. The Hall–Kier alpha value is -0.210. The van der Waals surface area contributed by atoms with Crippen molar-refractivity contribution in [2.24, 2.45) is 5.10 Å². The van der Waals surface area contributed by atoms with Gasteiger partial charge < -0.3 is 9.47 Å². The third-order valence-electron chi connectivity index (χ3n) is 2.88. The van der Waals surface area contributed by atoms with Gasteiger partial charge in [0.25, 0.3) is 0 Å². The molecule has 0 saturated carbocycles. The minimum Gasteiger partial charge on any atom is -0.322 e. The van der Waals surface area contributed by atoms with Crippen LogP contribution >= 0.6 is 43.5 Å². The summed E-state index contributed by atoms with van der Waals surface area (Å²) in [6, 6.07) is 1.73. The van der Waals surface area contributed by atoms with Gasteiger partial charge in [-0.25, -0.2) is 9.99 Å². The summed E-state index contributed by atoms with van der Waals surface area (Å²) in [7, 11) is 0. The minimum absolute atomic E-state index is 0.0586. The van der Waals surface area contributed by atoms with Crippen LogP contribution in [-0.4, -0.2) is 28.2 Å². The molecule has 0 amide bonds. The number of ether oxygens (including phenoxy) is 2. The van der Waals surface area contributed by atoms with Crippen molar-refractivity contribution in [3.05, 3.63) is 21.8 Å². The first-order chi connectivity index (χ1) is 9.04. The van der Waals surface area contributed by atoms with Gasteiger partial charge in [-0.1, -0.05) is 11.6 Å². The first-order valence-corrected chi connectivity index (χ1v) is 7.65. The fraction of sp³-hybridized carbons (Fsp3) is 0.455. The lowest BCUT2D eigenvalue weighted by molar-refractivity contribution is -0.380. The van der Waals surface area contributed by atoms with E-state index in [9.17, 15) is 0 Å². The number of anilines is 1. The monoisotopic (exact) mass is 409 g/mol. The summed E-state index contributed by atoms with van der Waals surface area (Å²) in [5, 5.41) is 6.67. The van der Waals surface area contributed by atoms with Crippen LogP contribution in [0.2, 0.25) is 5.02 Å². The molecule has 0 bridgehead atoms. The van der Waals surface area contributed by atoms with E-state index >= 15 is 0 Å². The number of halogens is 3. The van der Waals surface area contributed by atoms with Gasteiger partial charge in [0.15, 0.2) is 18.4 Å². The second-order valence-electron chi connectivity index (χ2n) is 4.26. The first-order valence-electron chi connectivity index (χ1n) is 5.69. The number of aromatic nitrogens is 1. The third-order valence-corrected chi connectivity index (χ3v) is 4.07. The van der Waals surface area contributed by atoms with E-state index in [1.807, 2.05) is 6.92 Å². The maximum absolute atomic E-state index is 6.22. The molecule has 2 aliphatic rings. The molecular formula is C11H10Br2ClN3O2. The summed E-state index contributed by atoms with van der Waals surface area (Å²) in [4.78, 5) is 4.31. The van der Waals surface area contributed by atoms with Crippen molar-refractivity contribution in [1.29, 1.82) is 0 Å². The molecule has 1 fully saturated rings. The molecule has 0 spiro atoms. The molecule has 0 N–H and O–H groups in total. The fourth-order valence-corrected chi connectivity index (χ4v) is 3.27. The van der Waals surface area contributed by atoms with Gasteiger partial charge in [-0.15, -0.1) is 0 Å². The Morgan fingerprint density at radius 3 is 2.79 bits per heavy atom. The zero-order valence-corrected chi connectivity index (χ0v) is 13.8. The van der Waals surface area contributed by atoms with Crippen molar-refractivity contribution in [2.75, 3.05) is 5.01 Å². The molecule has 1 unspecified atom stereocenters. The highest BCUT2D eigenvalue weighted by molar-refractivity contribution is 9.18. The predicted molar refractivity (Wildman–Crippen MR) is 79.6 cm³/mol. The average Bonchev–Trinajstić information content (AvgIpc) is 2.66. The highest BCUT2D eigenvalue weighted by Crippen LogP contribution is 2.36.